The van der Waals surface area contributed by atoms with E-state index in [0.29, 0.717) is 11.5 Å². The highest BCUT2D eigenvalue weighted by atomic mass is 16.6. The van der Waals surface area contributed by atoms with E-state index in [2.05, 4.69) is 10.3 Å². The third-order valence-corrected chi connectivity index (χ3v) is 3.54. The molecule has 0 aliphatic carbocycles. The predicted octanol–water partition coefficient (Wildman–Crippen LogP) is 2.08. The third-order valence-electron chi connectivity index (χ3n) is 3.54. The fourth-order valence-electron chi connectivity index (χ4n) is 2.45. The van der Waals surface area contributed by atoms with Crippen LogP contribution in [0.25, 0.3) is 0 Å². The molecule has 0 saturated heterocycles. The summed E-state index contributed by atoms with van der Waals surface area (Å²) in [7, 11) is 3.59. The van der Waals surface area contributed by atoms with Crippen molar-refractivity contribution in [2.24, 2.45) is 0 Å². The molecule has 0 fully saturated rings. The van der Waals surface area contributed by atoms with Gasteiger partial charge in [0.05, 0.1) is 22.2 Å². The number of amides is 1. The van der Waals surface area contributed by atoms with Crippen LogP contribution in [0.2, 0.25) is 0 Å². The van der Waals surface area contributed by atoms with E-state index in [4.69, 9.17) is 9.47 Å². The Morgan fingerprint density at radius 3 is 2.80 bits per heavy atom. The van der Waals surface area contributed by atoms with Gasteiger partial charge in [0.15, 0.2) is 17.3 Å². The molecule has 0 spiro atoms. The molecule has 1 aliphatic heterocycles. The molecule has 9 nitrogen and oxygen atoms in total. The Kier molecular flexibility index (Phi) is 4.38. The van der Waals surface area contributed by atoms with Crippen LogP contribution in [-0.2, 0) is 0 Å². The van der Waals surface area contributed by atoms with Gasteiger partial charge in [-0.25, -0.2) is 4.98 Å². The van der Waals surface area contributed by atoms with Gasteiger partial charge in [0.2, 0.25) is 0 Å². The number of anilines is 2. The van der Waals surface area contributed by atoms with Crippen LogP contribution in [0, 0.1) is 10.1 Å². The number of aromatic nitrogens is 1. The molecule has 1 amide bonds. The normalized spacial score (nSPS) is 12.4. The molecule has 1 aromatic heterocycles. The van der Waals surface area contributed by atoms with E-state index in [-0.39, 0.29) is 36.0 Å². The summed E-state index contributed by atoms with van der Waals surface area (Å²) in [6.07, 6.45) is 1.61. The monoisotopic (exact) mass is 344 g/mol. The zero-order valence-corrected chi connectivity index (χ0v) is 13.7. The number of nitrogens with one attached hydrogen (secondary N) is 1. The number of pyridine rings is 1. The highest BCUT2D eigenvalue weighted by Crippen LogP contribution is 2.38. The van der Waals surface area contributed by atoms with Crippen LogP contribution in [0.15, 0.2) is 30.5 Å². The van der Waals surface area contributed by atoms with Crippen molar-refractivity contribution >= 4 is 23.1 Å². The number of hydrogen-bond donors (Lipinski definition) is 1. The van der Waals surface area contributed by atoms with Gasteiger partial charge in [-0.1, -0.05) is 0 Å². The highest BCUT2D eigenvalue weighted by molar-refractivity contribution is 6.08. The number of hydrogen-bond acceptors (Lipinski definition) is 7. The van der Waals surface area contributed by atoms with Crippen LogP contribution < -0.4 is 19.7 Å². The van der Waals surface area contributed by atoms with E-state index in [1.54, 1.807) is 37.3 Å². The molecule has 1 aromatic carbocycles. The van der Waals surface area contributed by atoms with Crippen LogP contribution in [0.1, 0.15) is 10.4 Å². The molecule has 0 saturated carbocycles. The van der Waals surface area contributed by atoms with Crippen molar-refractivity contribution in [3.05, 3.63) is 46.1 Å². The van der Waals surface area contributed by atoms with E-state index in [1.165, 1.54) is 12.1 Å². The largest absolute Gasteiger partial charge is 0.486 e. The summed E-state index contributed by atoms with van der Waals surface area (Å²) in [5, 5.41) is 13.8. The van der Waals surface area contributed by atoms with E-state index >= 15 is 0 Å². The fraction of sp³-hybridized carbons (Fsp3) is 0.250. The van der Waals surface area contributed by atoms with Gasteiger partial charge in [-0.3, -0.25) is 14.9 Å². The number of rotatable bonds is 4. The fourth-order valence-corrected chi connectivity index (χ4v) is 2.45. The van der Waals surface area contributed by atoms with Gasteiger partial charge in [-0.2, -0.15) is 0 Å². The summed E-state index contributed by atoms with van der Waals surface area (Å²) in [5.41, 5.74) is 0.278. The maximum Gasteiger partial charge on any atom is 0.274 e. The number of nitro benzene ring substituents is 1. The maximum absolute atomic E-state index is 12.7. The van der Waals surface area contributed by atoms with Gasteiger partial charge in [-0.05, 0) is 12.1 Å². The van der Waals surface area contributed by atoms with E-state index < -0.39 is 10.8 Å². The Labute approximate surface area is 143 Å². The topological polar surface area (TPSA) is 107 Å². The zero-order valence-electron chi connectivity index (χ0n) is 13.7. The molecule has 3 rings (SSSR count). The Morgan fingerprint density at radius 1 is 1.32 bits per heavy atom. The summed E-state index contributed by atoms with van der Waals surface area (Å²) in [6.45, 7) is 0.531. The molecule has 2 aromatic rings. The predicted molar refractivity (Wildman–Crippen MR) is 90.6 cm³/mol. The van der Waals surface area contributed by atoms with Gasteiger partial charge in [0, 0.05) is 26.4 Å². The van der Waals surface area contributed by atoms with Crippen molar-refractivity contribution < 1.29 is 19.2 Å². The van der Waals surface area contributed by atoms with Crippen molar-refractivity contribution in [1.29, 1.82) is 0 Å². The summed E-state index contributed by atoms with van der Waals surface area (Å²) < 4.78 is 10.9. The average Bonchev–Trinajstić information content (AvgIpc) is 2.60. The molecule has 9 heteroatoms. The minimum Gasteiger partial charge on any atom is -0.486 e. The lowest BCUT2D eigenvalue weighted by atomic mass is 10.1. The number of carbonyl (C=O) groups is 1. The molecule has 2 heterocycles. The Balaban J connectivity index is 2.00. The van der Waals surface area contributed by atoms with Gasteiger partial charge in [0.1, 0.15) is 13.2 Å². The minimum absolute atomic E-state index is 0.0393. The Bertz CT molecular complexity index is 837. The number of non-ortho nitro benzene ring substituents is 1. The molecular formula is C16H16N4O5. The first-order valence-corrected chi connectivity index (χ1v) is 7.49. The summed E-state index contributed by atoms with van der Waals surface area (Å²) in [6, 6.07) is 5.81. The van der Waals surface area contributed by atoms with Gasteiger partial charge >= 0.3 is 0 Å². The van der Waals surface area contributed by atoms with Crippen LogP contribution in [0.3, 0.4) is 0 Å². The van der Waals surface area contributed by atoms with Crippen LogP contribution in [-0.4, -0.2) is 43.1 Å². The molecule has 0 bridgehead atoms. The first kappa shape index (κ1) is 16.5. The lowest BCUT2D eigenvalue weighted by molar-refractivity contribution is -0.385. The quantitative estimate of drug-likeness (QED) is 0.668. The number of benzene rings is 1. The molecule has 130 valence electrons. The van der Waals surface area contributed by atoms with Crippen LogP contribution in [0.5, 0.6) is 11.5 Å². The van der Waals surface area contributed by atoms with Gasteiger partial charge in [-0.15, -0.1) is 0 Å². The van der Waals surface area contributed by atoms with Gasteiger partial charge in [0.25, 0.3) is 11.6 Å². The highest BCUT2D eigenvalue weighted by Gasteiger charge is 2.26. The van der Waals surface area contributed by atoms with Gasteiger partial charge < -0.3 is 19.7 Å². The van der Waals surface area contributed by atoms with E-state index in [0.717, 1.165) is 0 Å². The van der Waals surface area contributed by atoms with Crippen LogP contribution >= 0.6 is 0 Å². The first-order valence-electron chi connectivity index (χ1n) is 7.49. The second-order valence-electron chi connectivity index (χ2n) is 5.50. The summed E-state index contributed by atoms with van der Waals surface area (Å²) >= 11 is 0. The summed E-state index contributed by atoms with van der Waals surface area (Å²) in [5.74, 6) is 0.406. The van der Waals surface area contributed by atoms with E-state index in [9.17, 15) is 14.9 Å². The second kappa shape index (κ2) is 6.63. The molecular weight excluding hydrogens is 328 g/mol. The van der Waals surface area contributed by atoms with Crippen molar-refractivity contribution in [3.63, 3.8) is 0 Å². The molecule has 25 heavy (non-hydrogen) atoms. The molecule has 0 unspecified atom stereocenters. The average molecular weight is 344 g/mol. The Morgan fingerprint density at radius 2 is 2.08 bits per heavy atom. The van der Waals surface area contributed by atoms with Crippen LogP contribution in [0.4, 0.5) is 17.2 Å². The summed E-state index contributed by atoms with van der Waals surface area (Å²) in [4.78, 5) is 29.2. The lowest BCUT2D eigenvalue weighted by Crippen LogP contribution is -2.22. The minimum atomic E-state index is -0.579. The number of ether oxygens (including phenoxy) is 2. The molecule has 1 N–H and O–H groups in total. The number of carbonyl (C=O) groups excluding carboxylic acids is 1. The van der Waals surface area contributed by atoms with Crippen molar-refractivity contribution in [2.75, 3.05) is 37.5 Å². The van der Waals surface area contributed by atoms with Crippen molar-refractivity contribution in [3.8, 4) is 11.5 Å². The smallest absolute Gasteiger partial charge is 0.274 e. The Hall–Kier alpha value is -3.36. The number of nitrogens with zero attached hydrogens (tertiary/aromatic N) is 3. The van der Waals surface area contributed by atoms with E-state index in [1.807, 2.05) is 0 Å². The third kappa shape index (κ3) is 3.30. The zero-order chi connectivity index (χ0) is 18.0. The number of fused-ring (bicyclic) bond motifs is 1. The van der Waals surface area contributed by atoms with Crippen molar-refractivity contribution in [2.45, 2.75) is 0 Å². The SMILES string of the molecule is CN(C)c1ncccc1NC(=O)c1cc([N+](=O)[O-])cc2c1OCCO2. The number of nitro groups is 1. The standard InChI is InChI=1S/C16H16N4O5/c1-19(2)15-12(4-3-5-17-15)18-16(21)11-8-10(20(22)23)9-13-14(11)25-7-6-24-13/h3-5,8-9H,6-7H2,1-2H3,(H,18,21). The lowest BCUT2D eigenvalue weighted by Gasteiger charge is -2.21. The molecule has 1 aliphatic rings. The maximum atomic E-state index is 12.7. The molecule has 0 radical (unpaired) electrons. The molecule has 0 atom stereocenters. The second-order valence-corrected chi connectivity index (χ2v) is 5.50. The van der Waals surface area contributed by atoms with Crippen molar-refractivity contribution in [1.82, 2.24) is 4.98 Å². The first-order chi connectivity index (χ1) is 12.0.